The quantitative estimate of drug-likeness (QED) is 0.600. The van der Waals surface area contributed by atoms with Crippen molar-refractivity contribution in [1.29, 1.82) is 0 Å². The number of nitrogens with zero attached hydrogens (tertiary/aromatic N) is 2. The Morgan fingerprint density at radius 1 is 0.810 bits per heavy atom. The third kappa shape index (κ3) is 4.08. The summed E-state index contributed by atoms with van der Waals surface area (Å²) in [6, 6.07) is 12.3. The van der Waals surface area contributed by atoms with Crippen molar-refractivity contribution >= 4 is 11.4 Å². The molecule has 7 heteroatoms. The van der Waals surface area contributed by atoms with Crippen LogP contribution in [0.5, 0.6) is 0 Å². The maximum atomic E-state index is 10.7. The number of nitro benzene ring substituents is 2. The van der Waals surface area contributed by atoms with Crippen LogP contribution in [0.4, 0.5) is 11.4 Å². The highest BCUT2D eigenvalue weighted by atomic mass is 16.6. The number of ether oxygens (including phenoxy) is 1. The lowest BCUT2D eigenvalue weighted by atomic mass is 10.2. The van der Waals surface area contributed by atoms with Crippen LogP contribution in [0.15, 0.2) is 48.5 Å². The van der Waals surface area contributed by atoms with Crippen molar-refractivity contribution in [2.75, 3.05) is 0 Å². The lowest BCUT2D eigenvalue weighted by Crippen LogP contribution is -1.96. The van der Waals surface area contributed by atoms with Crippen LogP contribution in [0.2, 0.25) is 0 Å². The molecule has 2 rings (SSSR count). The van der Waals surface area contributed by atoms with Crippen LogP contribution in [0, 0.1) is 20.2 Å². The predicted molar refractivity (Wildman–Crippen MR) is 74.7 cm³/mol. The van der Waals surface area contributed by atoms with Crippen LogP contribution >= 0.6 is 0 Å². The van der Waals surface area contributed by atoms with E-state index in [9.17, 15) is 20.2 Å². The minimum atomic E-state index is -0.468. The Labute approximate surface area is 120 Å². The second-order valence-electron chi connectivity index (χ2n) is 4.35. The van der Waals surface area contributed by atoms with Gasteiger partial charge in [-0.15, -0.1) is 0 Å². The molecule has 0 aromatic heterocycles. The molecule has 0 aliphatic heterocycles. The fourth-order valence-corrected chi connectivity index (χ4v) is 1.81. The monoisotopic (exact) mass is 288 g/mol. The van der Waals surface area contributed by atoms with Gasteiger partial charge in [-0.1, -0.05) is 24.3 Å². The summed E-state index contributed by atoms with van der Waals surface area (Å²) >= 11 is 0. The molecule has 21 heavy (non-hydrogen) atoms. The Kier molecular flexibility index (Phi) is 4.57. The summed E-state index contributed by atoms with van der Waals surface area (Å²) in [4.78, 5) is 20.4. The van der Waals surface area contributed by atoms with Gasteiger partial charge in [-0.3, -0.25) is 20.2 Å². The van der Waals surface area contributed by atoms with E-state index in [4.69, 9.17) is 4.74 Å². The lowest BCUT2D eigenvalue weighted by Gasteiger charge is -2.04. The molecule has 0 saturated carbocycles. The van der Waals surface area contributed by atoms with Gasteiger partial charge in [0.1, 0.15) is 0 Å². The molecule has 0 atom stereocenters. The number of nitro groups is 2. The molecule has 0 N–H and O–H groups in total. The number of benzene rings is 2. The van der Waals surface area contributed by atoms with Crippen LogP contribution in [0.3, 0.4) is 0 Å². The molecule has 0 saturated heterocycles. The molecule has 7 nitrogen and oxygen atoms in total. The second kappa shape index (κ2) is 6.58. The molecule has 0 aliphatic rings. The third-order valence-corrected chi connectivity index (χ3v) is 2.78. The molecular formula is C14H12N2O5. The first kappa shape index (κ1) is 14.6. The van der Waals surface area contributed by atoms with Gasteiger partial charge in [-0.2, -0.15) is 0 Å². The Morgan fingerprint density at radius 3 is 1.62 bits per heavy atom. The van der Waals surface area contributed by atoms with Gasteiger partial charge in [-0.05, 0) is 11.1 Å². The molecule has 108 valence electrons. The van der Waals surface area contributed by atoms with Crippen molar-refractivity contribution in [1.82, 2.24) is 0 Å². The molecule has 0 unspecified atom stereocenters. The first-order chi connectivity index (χ1) is 10.1. The molecule has 0 bridgehead atoms. The lowest BCUT2D eigenvalue weighted by molar-refractivity contribution is -0.385. The Balaban J connectivity index is 1.95. The molecule has 0 aliphatic carbocycles. The fraction of sp³-hybridized carbons (Fsp3) is 0.143. The van der Waals surface area contributed by atoms with Gasteiger partial charge in [0, 0.05) is 24.3 Å². The Bertz CT molecular complexity index is 614. The van der Waals surface area contributed by atoms with E-state index < -0.39 is 9.85 Å². The standard InChI is InChI=1S/C14H12N2O5/c17-15(18)13-5-1-3-11(7-13)9-21-10-12-4-2-6-14(8-12)16(19)20/h1-8H,9-10H2. The van der Waals surface area contributed by atoms with Gasteiger partial charge in [0.2, 0.25) is 0 Å². The van der Waals surface area contributed by atoms with Gasteiger partial charge in [0.15, 0.2) is 0 Å². The van der Waals surface area contributed by atoms with Crippen molar-refractivity contribution in [3.8, 4) is 0 Å². The van der Waals surface area contributed by atoms with Crippen molar-refractivity contribution in [3.05, 3.63) is 79.9 Å². The summed E-state index contributed by atoms with van der Waals surface area (Å²) in [7, 11) is 0. The zero-order chi connectivity index (χ0) is 15.2. The average molecular weight is 288 g/mol. The van der Waals surface area contributed by atoms with Crippen LogP contribution in [0.25, 0.3) is 0 Å². The van der Waals surface area contributed by atoms with E-state index >= 15 is 0 Å². The highest BCUT2D eigenvalue weighted by Gasteiger charge is 2.07. The van der Waals surface area contributed by atoms with E-state index in [1.165, 1.54) is 24.3 Å². The minimum Gasteiger partial charge on any atom is -0.372 e. The summed E-state index contributed by atoms with van der Waals surface area (Å²) in [5.74, 6) is 0. The van der Waals surface area contributed by atoms with E-state index in [2.05, 4.69) is 0 Å². The second-order valence-corrected chi connectivity index (χ2v) is 4.35. The number of hydrogen-bond donors (Lipinski definition) is 0. The zero-order valence-corrected chi connectivity index (χ0v) is 11.0. The van der Waals surface area contributed by atoms with E-state index in [1.807, 2.05) is 0 Å². The molecule has 0 heterocycles. The molecule has 2 aromatic carbocycles. The smallest absolute Gasteiger partial charge is 0.269 e. The SMILES string of the molecule is O=[N+]([O-])c1cccc(COCc2cccc([N+](=O)[O-])c2)c1. The number of rotatable bonds is 6. The normalized spacial score (nSPS) is 10.3. The fourth-order valence-electron chi connectivity index (χ4n) is 1.81. The van der Waals surface area contributed by atoms with Crippen molar-refractivity contribution in [2.45, 2.75) is 13.2 Å². The van der Waals surface area contributed by atoms with Crippen molar-refractivity contribution in [2.24, 2.45) is 0 Å². The van der Waals surface area contributed by atoms with Gasteiger partial charge in [0.05, 0.1) is 23.1 Å². The van der Waals surface area contributed by atoms with Gasteiger partial charge in [0.25, 0.3) is 11.4 Å². The Morgan fingerprint density at radius 2 is 1.24 bits per heavy atom. The average Bonchev–Trinajstić information content (AvgIpc) is 2.48. The molecule has 0 spiro atoms. The maximum Gasteiger partial charge on any atom is 0.269 e. The maximum absolute atomic E-state index is 10.7. The van der Waals surface area contributed by atoms with Crippen LogP contribution in [-0.2, 0) is 18.0 Å². The van der Waals surface area contributed by atoms with E-state index in [0.29, 0.717) is 11.1 Å². The summed E-state index contributed by atoms with van der Waals surface area (Å²) in [5, 5.41) is 21.3. The van der Waals surface area contributed by atoms with E-state index in [1.54, 1.807) is 24.3 Å². The topological polar surface area (TPSA) is 95.5 Å². The van der Waals surface area contributed by atoms with Gasteiger partial charge >= 0.3 is 0 Å². The number of hydrogen-bond acceptors (Lipinski definition) is 5. The van der Waals surface area contributed by atoms with Crippen molar-refractivity contribution in [3.63, 3.8) is 0 Å². The molecular weight excluding hydrogens is 276 g/mol. The number of non-ortho nitro benzene ring substituents is 2. The summed E-state index contributed by atoms with van der Waals surface area (Å²) in [5.41, 5.74) is 1.36. The molecule has 2 aromatic rings. The predicted octanol–water partition coefficient (Wildman–Crippen LogP) is 3.22. The van der Waals surface area contributed by atoms with E-state index in [-0.39, 0.29) is 24.6 Å². The molecule has 0 fully saturated rings. The van der Waals surface area contributed by atoms with Crippen LogP contribution < -0.4 is 0 Å². The first-order valence-corrected chi connectivity index (χ1v) is 6.10. The van der Waals surface area contributed by atoms with Gasteiger partial charge < -0.3 is 4.74 Å². The third-order valence-electron chi connectivity index (χ3n) is 2.78. The first-order valence-electron chi connectivity index (χ1n) is 6.10. The summed E-state index contributed by atoms with van der Waals surface area (Å²) < 4.78 is 5.43. The minimum absolute atomic E-state index is 0.00597. The van der Waals surface area contributed by atoms with Gasteiger partial charge in [-0.25, -0.2) is 0 Å². The summed E-state index contributed by atoms with van der Waals surface area (Å²) in [6.07, 6.45) is 0. The highest BCUT2D eigenvalue weighted by Crippen LogP contribution is 2.16. The van der Waals surface area contributed by atoms with E-state index in [0.717, 1.165) is 0 Å². The Hall–Kier alpha value is -2.80. The molecule has 0 radical (unpaired) electrons. The zero-order valence-electron chi connectivity index (χ0n) is 11.0. The van der Waals surface area contributed by atoms with Crippen LogP contribution in [-0.4, -0.2) is 9.85 Å². The van der Waals surface area contributed by atoms with Crippen LogP contribution in [0.1, 0.15) is 11.1 Å². The van der Waals surface area contributed by atoms with Crippen molar-refractivity contribution < 1.29 is 14.6 Å². The highest BCUT2D eigenvalue weighted by molar-refractivity contribution is 5.35. The largest absolute Gasteiger partial charge is 0.372 e. The molecule has 0 amide bonds. The summed E-state index contributed by atoms with van der Waals surface area (Å²) in [6.45, 7) is 0.398.